The second-order valence-corrected chi connectivity index (χ2v) is 5.27. The van der Waals surface area contributed by atoms with Gasteiger partial charge in [0.15, 0.2) is 0 Å². The van der Waals surface area contributed by atoms with Gasteiger partial charge in [0, 0.05) is 30.8 Å². The Bertz CT molecular complexity index is 570. The number of benzene rings is 2. The highest BCUT2D eigenvalue weighted by Gasteiger charge is 2.06. The Morgan fingerprint density at radius 3 is 2.57 bits per heavy atom. The monoisotopic (exact) mass is 305 g/mol. The van der Waals surface area contributed by atoms with Gasteiger partial charge in [-0.3, -0.25) is 0 Å². The van der Waals surface area contributed by atoms with Crippen LogP contribution in [0.3, 0.4) is 0 Å². The van der Waals surface area contributed by atoms with Crippen molar-refractivity contribution in [1.82, 2.24) is 5.32 Å². The van der Waals surface area contributed by atoms with E-state index in [9.17, 15) is 0 Å². The molecule has 0 atom stereocenters. The Hall–Kier alpha value is -1.55. The van der Waals surface area contributed by atoms with E-state index in [0.29, 0.717) is 18.2 Å². The number of hydrogen-bond acceptors (Lipinski definition) is 3. The van der Waals surface area contributed by atoms with Gasteiger partial charge in [-0.25, -0.2) is 0 Å². The van der Waals surface area contributed by atoms with E-state index in [1.54, 1.807) is 7.11 Å². The van der Waals surface area contributed by atoms with Gasteiger partial charge in [-0.15, -0.1) is 0 Å². The molecule has 0 aliphatic rings. The zero-order valence-electron chi connectivity index (χ0n) is 12.4. The highest BCUT2D eigenvalue weighted by molar-refractivity contribution is 6.30. The summed E-state index contributed by atoms with van der Waals surface area (Å²) < 4.78 is 11.0. The summed E-state index contributed by atoms with van der Waals surface area (Å²) in [6, 6.07) is 13.7. The van der Waals surface area contributed by atoms with Crippen molar-refractivity contribution in [2.24, 2.45) is 0 Å². The Morgan fingerprint density at radius 1 is 1.10 bits per heavy atom. The minimum Gasteiger partial charge on any atom is -0.457 e. The minimum atomic E-state index is 0.665. The van der Waals surface area contributed by atoms with Crippen LogP contribution < -0.4 is 10.1 Å². The molecule has 2 rings (SSSR count). The molecule has 112 valence electrons. The normalized spacial score (nSPS) is 10.6. The molecular weight excluding hydrogens is 286 g/mol. The highest BCUT2D eigenvalue weighted by atomic mass is 35.5. The molecule has 0 aromatic heterocycles. The lowest BCUT2D eigenvalue weighted by Gasteiger charge is -2.12. The lowest BCUT2D eigenvalue weighted by molar-refractivity contribution is 0.199. The van der Waals surface area contributed by atoms with Crippen LogP contribution in [0.2, 0.25) is 5.02 Å². The molecule has 0 amide bonds. The van der Waals surface area contributed by atoms with Crippen LogP contribution in [0.4, 0.5) is 0 Å². The van der Waals surface area contributed by atoms with Gasteiger partial charge in [0.25, 0.3) is 0 Å². The van der Waals surface area contributed by atoms with Crippen LogP contribution >= 0.6 is 11.6 Å². The van der Waals surface area contributed by atoms with E-state index in [2.05, 4.69) is 5.32 Å². The molecule has 0 radical (unpaired) electrons. The van der Waals surface area contributed by atoms with Crippen LogP contribution in [0.15, 0.2) is 42.5 Å². The Kier molecular flexibility index (Phi) is 6.05. The summed E-state index contributed by atoms with van der Waals surface area (Å²) in [5.74, 6) is 1.58. The Labute approximate surface area is 130 Å². The fourth-order valence-electron chi connectivity index (χ4n) is 1.90. The van der Waals surface area contributed by atoms with Crippen LogP contribution in [-0.2, 0) is 11.3 Å². The summed E-state index contributed by atoms with van der Waals surface area (Å²) in [6.45, 7) is 4.24. The summed E-state index contributed by atoms with van der Waals surface area (Å²) in [5, 5.41) is 3.97. The van der Waals surface area contributed by atoms with E-state index in [0.717, 1.165) is 23.6 Å². The van der Waals surface area contributed by atoms with Crippen LogP contribution in [-0.4, -0.2) is 20.3 Å². The number of hydrogen-bond donors (Lipinski definition) is 1. The third-order valence-corrected chi connectivity index (χ3v) is 3.31. The van der Waals surface area contributed by atoms with Crippen LogP contribution in [0, 0.1) is 6.92 Å². The second-order valence-electron chi connectivity index (χ2n) is 4.84. The molecule has 0 saturated carbocycles. The zero-order chi connectivity index (χ0) is 15.1. The lowest BCUT2D eigenvalue weighted by Crippen LogP contribution is -2.18. The summed E-state index contributed by atoms with van der Waals surface area (Å²) in [5.41, 5.74) is 2.27. The fourth-order valence-corrected chi connectivity index (χ4v) is 2.06. The third kappa shape index (κ3) is 5.05. The largest absolute Gasteiger partial charge is 0.457 e. The van der Waals surface area contributed by atoms with Gasteiger partial charge in [0.2, 0.25) is 0 Å². The molecule has 0 fully saturated rings. The summed E-state index contributed by atoms with van der Waals surface area (Å²) in [4.78, 5) is 0. The number of rotatable bonds is 7. The first-order valence-electron chi connectivity index (χ1n) is 6.91. The van der Waals surface area contributed by atoms with Crippen molar-refractivity contribution in [2.75, 3.05) is 20.3 Å². The number of ether oxygens (including phenoxy) is 2. The lowest BCUT2D eigenvalue weighted by atomic mass is 10.2. The molecule has 2 aromatic rings. The third-order valence-electron chi connectivity index (χ3n) is 3.08. The number of aryl methyl sites for hydroxylation is 1. The van der Waals surface area contributed by atoms with E-state index in [1.165, 1.54) is 5.56 Å². The molecule has 0 spiro atoms. The number of halogens is 1. The van der Waals surface area contributed by atoms with Gasteiger partial charge in [0.1, 0.15) is 11.5 Å². The fraction of sp³-hybridized carbons (Fsp3) is 0.294. The van der Waals surface area contributed by atoms with Gasteiger partial charge in [0.05, 0.1) is 6.61 Å². The van der Waals surface area contributed by atoms with Crippen molar-refractivity contribution in [2.45, 2.75) is 13.5 Å². The Balaban J connectivity index is 2.09. The predicted molar refractivity (Wildman–Crippen MR) is 86.3 cm³/mol. The highest BCUT2D eigenvalue weighted by Crippen LogP contribution is 2.28. The van der Waals surface area contributed by atoms with Crippen molar-refractivity contribution in [3.63, 3.8) is 0 Å². The zero-order valence-corrected chi connectivity index (χ0v) is 13.1. The first-order valence-corrected chi connectivity index (χ1v) is 7.29. The van der Waals surface area contributed by atoms with Crippen molar-refractivity contribution in [1.29, 1.82) is 0 Å². The summed E-state index contributed by atoms with van der Waals surface area (Å²) >= 11 is 6.07. The van der Waals surface area contributed by atoms with E-state index >= 15 is 0 Å². The molecule has 4 heteroatoms. The first kappa shape index (κ1) is 15.8. The summed E-state index contributed by atoms with van der Waals surface area (Å²) in [7, 11) is 1.69. The molecule has 1 N–H and O–H groups in total. The smallest absolute Gasteiger partial charge is 0.133 e. The van der Waals surface area contributed by atoms with Crippen molar-refractivity contribution < 1.29 is 9.47 Å². The van der Waals surface area contributed by atoms with Crippen LogP contribution in [0.5, 0.6) is 11.5 Å². The van der Waals surface area contributed by atoms with Gasteiger partial charge in [-0.1, -0.05) is 35.4 Å². The van der Waals surface area contributed by atoms with Gasteiger partial charge < -0.3 is 14.8 Å². The van der Waals surface area contributed by atoms with E-state index < -0.39 is 0 Å². The van der Waals surface area contributed by atoms with Crippen molar-refractivity contribution in [3.8, 4) is 11.5 Å². The topological polar surface area (TPSA) is 30.5 Å². The molecule has 3 nitrogen and oxygen atoms in total. The molecule has 0 aliphatic carbocycles. The number of methoxy groups -OCH3 is 1. The van der Waals surface area contributed by atoms with Crippen molar-refractivity contribution in [3.05, 3.63) is 58.6 Å². The molecule has 2 aromatic carbocycles. The van der Waals surface area contributed by atoms with Crippen molar-refractivity contribution >= 4 is 11.6 Å². The average molecular weight is 306 g/mol. The molecule has 0 heterocycles. The van der Waals surface area contributed by atoms with E-state index in [-0.39, 0.29) is 0 Å². The van der Waals surface area contributed by atoms with Crippen LogP contribution in [0.1, 0.15) is 11.1 Å². The molecule has 0 aliphatic heterocycles. The molecule has 0 unspecified atom stereocenters. The first-order chi connectivity index (χ1) is 10.2. The summed E-state index contributed by atoms with van der Waals surface area (Å²) in [6.07, 6.45) is 0. The van der Waals surface area contributed by atoms with Gasteiger partial charge >= 0.3 is 0 Å². The predicted octanol–water partition coefficient (Wildman–Crippen LogP) is 4.18. The minimum absolute atomic E-state index is 0.665. The quantitative estimate of drug-likeness (QED) is 0.779. The van der Waals surface area contributed by atoms with Crippen LogP contribution in [0.25, 0.3) is 0 Å². The Morgan fingerprint density at radius 2 is 1.86 bits per heavy atom. The molecule has 0 saturated heterocycles. The maximum Gasteiger partial charge on any atom is 0.133 e. The molecule has 0 bridgehead atoms. The van der Waals surface area contributed by atoms with Gasteiger partial charge in [-0.2, -0.15) is 0 Å². The SMILES string of the molecule is COCCNCc1ccc(Cl)cc1Oc1ccc(C)cc1. The van der Waals surface area contributed by atoms with E-state index in [1.807, 2.05) is 49.4 Å². The average Bonchev–Trinajstić information content (AvgIpc) is 2.48. The molecule has 21 heavy (non-hydrogen) atoms. The molecular formula is C17H20ClNO2. The second kappa shape index (κ2) is 8.03. The standard InChI is InChI=1S/C17H20ClNO2/c1-13-3-7-16(8-4-13)21-17-11-15(18)6-5-14(17)12-19-9-10-20-2/h3-8,11,19H,9-10,12H2,1-2H3. The maximum absolute atomic E-state index is 6.07. The number of nitrogens with one attached hydrogen (secondary N) is 1. The van der Waals surface area contributed by atoms with E-state index in [4.69, 9.17) is 21.1 Å². The van der Waals surface area contributed by atoms with Gasteiger partial charge in [-0.05, 0) is 31.2 Å². The maximum atomic E-state index is 6.07.